The largest absolute Gasteiger partial charge is 0.478 e. The third-order valence-corrected chi connectivity index (χ3v) is 3.10. The number of benzene rings is 2. The zero-order chi connectivity index (χ0) is 15.6. The Balaban J connectivity index is 2.37. The molecule has 0 atom stereocenters. The number of rotatable bonds is 4. The Morgan fingerprint density at radius 2 is 1.90 bits per heavy atom. The predicted octanol–water partition coefficient (Wildman–Crippen LogP) is 3.70. The van der Waals surface area contributed by atoms with Crippen molar-refractivity contribution in [3.63, 3.8) is 0 Å². The molecule has 0 saturated carbocycles. The SMILES string of the molecule is Cc1cc([N+](=O)[O-])ccc1Oc1cccc(C(=O)O)c1C. The Kier molecular flexibility index (Phi) is 3.89. The van der Waals surface area contributed by atoms with Crippen LogP contribution in [0.1, 0.15) is 21.5 Å². The first-order chi connectivity index (χ1) is 9.90. The number of nitro groups is 1. The average molecular weight is 287 g/mol. The zero-order valence-corrected chi connectivity index (χ0v) is 11.5. The van der Waals surface area contributed by atoms with Gasteiger partial charge in [0, 0.05) is 17.7 Å². The molecule has 2 aromatic rings. The summed E-state index contributed by atoms with van der Waals surface area (Å²) in [6.07, 6.45) is 0. The van der Waals surface area contributed by atoms with Crippen LogP contribution < -0.4 is 4.74 Å². The molecule has 0 radical (unpaired) electrons. The van der Waals surface area contributed by atoms with Crippen molar-refractivity contribution in [1.82, 2.24) is 0 Å². The maximum absolute atomic E-state index is 11.1. The van der Waals surface area contributed by atoms with Crippen LogP contribution in [0.15, 0.2) is 36.4 Å². The number of carbonyl (C=O) groups is 1. The van der Waals surface area contributed by atoms with Crippen molar-refractivity contribution >= 4 is 11.7 Å². The summed E-state index contributed by atoms with van der Waals surface area (Å²) in [5.41, 5.74) is 1.25. The van der Waals surface area contributed by atoms with Crippen LogP contribution in [0.2, 0.25) is 0 Å². The molecule has 0 bridgehead atoms. The van der Waals surface area contributed by atoms with Crippen LogP contribution in [0.4, 0.5) is 5.69 Å². The second-order valence-corrected chi connectivity index (χ2v) is 4.54. The zero-order valence-electron chi connectivity index (χ0n) is 11.5. The Morgan fingerprint density at radius 1 is 1.19 bits per heavy atom. The van der Waals surface area contributed by atoms with Crippen LogP contribution in [0, 0.1) is 24.0 Å². The number of aryl methyl sites for hydroxylation is 1. The highest BCUT2D eigenvalue weighted by atomic mass is 16.6. The van der Waals surface area contributed by atoms with E-state index >= 15 is 0 Å². The summed E-state index contributed by atoms with van der Waals surface area (Å²) in [7, 11) is 0. The van der Waals surface area contributed by atoms with E-state index in [1.807, 2.05) is 0 Å². The molecular weight excluding hydrogens is 274 g/mol. The molecule has 2 rings (SSSR count). The number of carboxylic acids is 1. The monoisotopic (exact) mass is 287 g/mol. The first kappa shape index (κ1) is 14.5. The number of nitro benzene ring substituents is 1. The van der Waals surface area contributed by atoms with E-state index < -0.39 is 10.9 Å². The molecule has 0 amide bonds. The molecule has 6 heteroatoms. The molecule has 0 heterocycles. The number of carboxylic acid groups (broad SMARTS) is 1. The highest BCUT2D eigenvalue weighted by molar-refractivity contribution is 5.90. The van der Waals surface area contributed by atoms with Gasteiger partial charge in [-0.05, 0) is 37.6 Å². The fourth-order valence-electron chi connectivity index (χ4n) is 1.94. The summed E-state index contributed by atoms with van der Waals surface area (Å²) in [5, 5.41) is 19.8. The fraction of sp³-hybridized carbons (Fsp3) is 0.133. The minimum atomic E-state index is -1.03. The minimum Gasteiger partial charge on any atom is -0.478 e. The Hall–Kier alpha value is -2.89. The number of hydrogen-bond donors (Lipinski definition) is 1. The lowest BCUT2D eigenvalue weighted by molar-refractivity contribution is -0.384. The van der Waals surface area contributed by atoms with Gasteiger partial charge in [-0.3, -0.25) is 10.1 Å². The van der Waals surface area contributed by atoms with Crippen LogP contribution in [-0.4, -0.2) is 16.0 Å². The molecule has 0 aromatic heterocycles. The summed E-state index contributed by atoms with van der Waals surface area (Å²) in [6.45, 7) is 3.35. The number of non-ortho nitro benzene ring substituents is 1. The first-order valence-corrected chi connectivity index (χ1v) is 6.16. The quantitative estimate of drug-likeness (QED) is 0.684. The molecular formula is C15H13NO5. The van der Waals surface area contributed by atoms with Gasteiger partial charge in [-0.2, -0.15) is 0 Å². The fourth-order valence-corrected chi connectivity index (χ4v) is 1.94. The highest BCUT2D eigenvalue weighted by Gasteiger charge is 2.14. The van der Waals surface area contributed by atoms with Crippen molar-refractivity contribution in [2.75, 3.05) is 0 Å². The van der Waals surface area contributed by atoms with Crippen molar-refractivity contribution in [3.8, 4) is 11.5 Å². The third-order valence-electron chi connectivity index (χ3n) is 3.10. The second kappa shape index (κ2) is 5.62. The van der Waals surface area contributed by atoms with Crippen molar-refractivity contribution in [1.29, 1.82) is 0 Å². The lowest BCUT2D eigenvalue weighted by Gasteiger charge is -2.12. The van der Waals surface area contributed by atoms with Crippen molar-refractivity contribution in [3.05, 3.63) is 63.2 Å². The van der Waals surface area contributed by atoms with Crippen LogP contribution >= 0.6 is 0 Å². The van der Waals surface area contributed by atoms with E-state index in [2.05, 4.69) is 0 Å². The lowest BCUT2D eigenvalue weighted by atomic mass is 10.1. The molecule has 0 saturated heterocycles. The van der Waals surface area contributed by atoms with Crippen LogP contribution in [0.25, 0.3) is 0 Å². The summed E-state index contributed by atoms with van der Waals surface area (Å²) < 4.78 is 5.68. The second-order valence-electron chi connectivity index (χ2n) is 4.54. The number of hydrogen-bond acceptors (Lipinski definition) is 4. The van der Waals surface area contributed by atoms with Gasteiger partial charge in [-0.15, -0.1) is 0 Å². The molecule has 0 aliphatic rings. The normalized spacial score (nSPS) is 10.2. The molecule has 0 spiro atoms. The predicted molar refractivity (Wildman–Crippen MR) is 76.0 cm³/mol. The van der Waals surface area contributed by atoms with Gasteiger partial charge in [0.2, 0.25) is 0 Å². The number of aromatic carboxylic acids is 1. The standard InChI is InChI=1S/C15H13NO5/c1-9-8-11(16(19)20)6-7-13(9)21-14-5-3-4-12(10(14)2)15(17)18/h3-8H,1-2H3,(H,17,18). The maximum Gasteiger partial charge on any atom is 0.336 e. The lowest BCUT2D eigenvalue weighted by Crippen LogP contribution is -2.01. The molecule has 0 aliphatic carbocycles. The van der Waals surface area contributed by atoms with Crippen molar-refractivity contribution in [2.24, 2.45) is 0 Å². The van der Waals surface area contributed by atoms with E-state index in [1.165, 1.54) is 24.3 Å². The summed E-state index contributed by atoms with van der Waals surface area (Å²) in [4.78, 5) is 21.3. The smallest absolute Gasteiger partial charge is 0.336 e. The van der Waals surface area contributed by atoms with Gasteiger partial charge in [-0.1, -0.05) is 6.07 Å². The molecule has 0 aliphatic heterocycles. The van der Waals surface area contributed by atoms with Gasteiger partial charge in [0.05, 0.1) is 10.5 Å². The van der Waals surface area contributed by atoms with Gasteiger partial charge in [0.25, 0.3) is 5.69 Å². The van der Waals surface area contributed by atoms with Crippen LogP contribution in [0.5, 0.6) is 11.5 Å². The van der Waals surface area contributed by atoms with E-state index in [1.54, 1.807) is 26.0 Å². The average Bonchev–Trinajstić information content (AvgIpc) is 2.42. The Labute approximate surface area is 120 Å². The van der Waals surface area contributed by atoms with Gasteiger partial charge in [-0.25, -0.2) is 4.79 Å². The number of ether oxygens (including phenoxy) is 1. The summed E-state index contributed by atoms with van der Waals surface area (Å²) >= 11 is 0. The van der Waals surface area contributed by atoms with Gasteiger partial charge in [0.15, 0.2) is 0 Å². The van der Waals surface area contributed by atoms with Crippen LogP contribution in [0.3, 0.4) is 0 Å². The van der Waals surface area contributed by atoms with Gasteiger partial charge < -0.3 is 9.84 Å². The molecule has 0 unspecified atom stereocenters. The summed E-state index contributed by atoms with van der Waals surface area (Å²) in [6, 6.07) is 8.99. The minimum absolute atomic E-state index is 0.0177. The topological polar surface area (TPSA) is 89.7 Å². The van der Waals surface area contributed by atoms with E-state index in [0.717, 1.165) is 0 Å². The maximum atomic E-state index is 11.1. The van der Waals surface area contributed by atoms with Crippen molar-refractivity contribution in [2.45, 2.75) is 13.8 Å². The molecule has 1 N–H and O–H groups in total. The van der Waals surface area contributed by atoms with E-state index in [4.69, 9.17) is 9.84 Å². The van der Waals surface area contributed by atoms with Gasteiger partial charge >= 0.3 is 5.97 Å². The van der Waals surface area contributed by atoms with E-state index in [-0.39, 0.29) is 11.3 Å². The molecule has 6 nitrogen and oxygen atoms in total. The molecule has 21 heavy (non-hydrogen) atoms. The van der Waals surface area contributed by atoms with E-state index in [0.29, 0.717) is 22.6 Å². The van der Waals surface area contributed by atoms with Crippen molar-refractivity contribution < 1.29 is 19.6 Å². The molecule has 0 fully saturated rings. The number of nitrogens with zero attached hydrogens (tertiary/aromatic N) is 1. The third kappa shape index (κ3) is 3.00. The molecule has 2 aromatic carbocycles. The van der Waals surface area contributed by atoms with Crippen LogP contribution in [-0.2, 0) is 0 Å². The Morgan fingerprint density at radius 3 is 2.48 bits per heavy atom. The molecule has 108 valence electrons. The Bertz CT molecular complexity index is 724. The first-order valence-electron chi connectivity index (χ1n) is 6.16. The highest BCUT2D eigenvalue weighted by Crippen LogP contribution is 2.31. The summed E-state index contributed by atoms with van der Waals surface area (Å²) in [5.74, 6) is -0.170. The van der Waals surface area contributed by atoms with E-state index in [9.17, 15) is 14.9 Å². The van der Waals surface area contributed by atoms with Gasteiger partial charge in [0.1, 0.15) is 11.5 Å².